The molecule has 0 spiro atoms. The smallest absolute Gasteiger partial charge is 0.443 e. The minimum absolute atomic E-state index is 0.0370. The molecule has 1 saturated heterocycles. The van der Waals surface area contributed by atoms with Gasteiger partial charge in [0.2, 0.25) is 11.8 Å². The molecule has 1 fully saturated rings. The second-order valence-corrected chi connectivity index (χ2v) is 8.47. The van der Waals surface area contributed by atoms with Gasteiger partial charge in [-0.15, -0.1) is 13.2 Å². The Bertz CT molecular complexity index is 1250. The molecule has 0 atom stereocenters. The standard InChI is InChI=1S/C25H22F5N3O4/c26-18-10-16(13-31-21(34)12-15-4-6-17(7-5-15)37-25(28,29)30)11-19(27)22(18)23-32-20(14-36-23)24(35)33-8-2-1-3-9-33/h4-7,10-11,14H,1-3,8-9,12-13H2,(H,31,34). The van der Waals surface area contributed by atoms with E-state index in [-0.39, 0.29) is 36.0 Å². The summed E-state index contributed by atoms with van der Waals surface area (Å²) in [5, 5.41) is 2.50. The number of piperidine rings is 1. The third-order valence-corrected chi connectivity index (χ3v) is 5.69. The van der Waals surface area contributed by atoms with E-state index < -0.39 is 35.2 Å². The minimum Gasteiger partial charge on any atom is -0.443 e. The summed E-state index contributed by atoms with van der Waals surface area (Å²) in [4.78, 5) is 30.3. The average molecular weight is 523 g/mol. The van der Waals surface area contributed by atoms with Gasteiger partial charge < -0.3 is 19.4 Å². The Hall–Kier alpha value is -3.96. The highest BCUT2D eigenvalue weighted by Gasteiger charge is 2.31. The van der Waals surface area contributed by atoms with Gasteiger partial charge in [-0.05, 0) is 54.7 Å². The molecule has 1 aliphatic rings. The van der Waals surface area contributed by atoms with Gasteiger partial charge in [-0.1, -0.05) is 12.1 Å². The molecule has 2 heterocycles. The fourth-order valence-corrected chi connectivity index (χ4v) is 3.94. The van der Waals surface area contributed by atoms with Crippen LogP contribution in [-0.4, -0.2) is 41.2 Å². The highest BCUT2D eigenvalue weighted by atomic mass is 19.4. The summed E-state index contributed by atoms with van der Waals surface area (Å²) < 4.78 is 75.1. The van der Waals surface area contributed by atoms with Gasteiger partial charge in [-0.2, -0.15) is 0 Å². The van der Waals surface area contributed by atoms with Gasteiger partial charge in [0, 0.05) is 19.6 Å². The lowest BCUT2D eigenvalue weighted by Crippen LogP contribution is -2.35. The molecule has 2 amide bonds. The first-order chi connectivity index (χ1) is 17.6. The van der Waals surface area contributed by atoms with Crippen LogP contribution in [0.2, 0.25) is 0 Å². The van der Waals surface area contributed by atoms with E-state index in [2.05, 4.69) is 15.0 Å². The van der Waals surface area contributed by atoms with Crippen molar-refractivity contribution < 1.29 is 40.7 Å². The fraction of sp³-hybridized carbons (Fsp3) is 0.320. The number of benzene rings is 2. The molecule has 4 rings (SSSR count). The summed E-state index contributed by atoms with van der Waals surface area (Å²) in [7, 11) is 0. The number of hydrogen-bond acceptors (Lipinski definition) is 5. The predicted molar refractivity (Wildman–Crippen MR) is 120 cm³/mol. The van der Waals surface area contributed by atoms with Crippen molar-refractivity contribution in [2.45, 2.75) is 38.6 Å². The van der Waals surface area contributed by atoms with Gasteiger partial charge in [-0.25, -0.2) is 13.8 Å². The van der Waals surface area contributed by atoms with E-state index >= 15 is 0 Å². The number of carbonyl (C=O) groups excluding carboxylic acids is 2. The molecule has 37 heavy (non-hydrogen) atoms. The molecule has 0 aliphatic carbocycles. The topological polar surface area (TPSA) is 84.7 Å². The Balaban J connectivity index is 1.36. The first kappa shape index (κ1) is 26.1. The number of ether oxygens (including phenoxy) is 1. The summed E-state index contributed by atoms with van der Waals surface area (Å²) in [5.41, 5.74) is -0.0327. The largest absolute Gasteiger partial charge is 0.573 e. The average Bonchev–Trinajstić information content (AvgIpc) is 3.32. The first-order valence-electron chi connectivity index (χ1n) is 11.4. The molecule has 1 aromatic heterocycles. The van der Waals surface area contributed by atoms with E-state index in [0.29, 0.717) is 18.7 Å². The van der Waals surface area contributed by atoms with Crippen LogP contribution >= 0.6 is 0 Å². The molecule has 0 saturated carbocycles. The summed E-state index contributed by atoms with van der Waals surface area (Å²) in [6.07, 6.45) is -1.13. The van der Waals surface area contributed by atoms with Crippen molar-refractivity contribution in [2.24, 2.45) is 0 Å². The highest BCUT2D eigenvalue weighted by molar-refractivity contribution is 5.92. The third-order valence-electron chi connectivity index (χ3n) is 5.69. The van der Waals surface area contributed by atoms with Gasteiger partial charge >= 0.3 is 6.36 Å². The fourth-order valence-electron chi connectivity index (χ4n) is 3.94. The maximum absolute atomic E-state index is 14.7. The van der Waals surface area contributed by atoms with Gasteiger partial charge in [0.25, 0.3) is 5.91 Å². The number of oxazole rings is 1. The zero-order valence-corrected chi connectivity index (χ0v) is 19.4. The molecular formula is C25H22F5N3O4. The zero-order chi connectivity index (χ0) is 26.6. The van der Waals surface area contributed by atoms with Gasteiger partial charge in [0.05, 0.1) is 6.42 Å². The Kier molecular flexibility index (Phi) is 7.74. The normalized spacial score (nSPS) is 13.9. The van der Waals surface area contributed by atoms with Crippen molar-refractivity contribution in [3.05, 3.63) is 71.1 Å². The lowest BCUT2D eigenvalue weighted by atomic mass is 10.1. The van der Waals surface area contributed by atoms with Crippen LogP contribution in [0.3, 0.4) is 0 Å². The quantitative estimate of drug-likeness (QED) is 0.441. The maximum atomic E-state index is 14.7. The van der Waals surface area contributed by atoms with Crippen molar-refractivity contribution in [2.75, 3.05) is 13.1 Å². The lowest BCUT2D eigenvalue weighted by Gasteiger charge is -2.25. The van der Waals surface area contributed by atoms with Crippen LogP contribution in [0.4, 0.5) is 22.0 Å². The summed E-state index contributed by atoms with van der Waals surface area (Å²) >= 11 is 0. The van der Waals surface area contributed by atoms with Crippen LogP contribution in [0.5, 0.6) is 5.75 Å². The number of rotatable bonds is 7. The SMILES string of the molecule is O=C(Cc1ccc(OC(F)(F)F)cc1)NCc1cc(F)c(-c2nc(C(=O)N3CCCCC3)co2)c(F)c1. The number of aromatic nitrogens is 1. The Morgan fingerprint density at radius 1 is 1.00 bits per heavy atom. The molecule has 7 nitrogen and oxygen atoms in total. The number of amides is 2. The van der Waals surface area contributed by atoms with E-state index in [1.54, 1.807) is 4.90 Å². The number of hydrogen-bond donors (Lipinski definition) is 1. The van der Waals surface area contributed by atoms with E-state index in [1.165, 1.54) is 12.1 Å². The van der Waals surface area contributed by atoms with Crippen molar-refractivity contribution in [1.29, 1.82) is 0 Å². The second-order valence-electron chi connectivity index (χ2n) is 8.47. The second kappa shape index (κ2) is 11.0. The molecule has 1 aliphatic heterocycles. The van der Waals surface area contributed by atoms with Crippen LogP contribution < -0.4 is 10.1 Å². The number of nitrogens with zero attached hydrogens (tertiary/aromatic N) is 2. The Morgan fingerprint density at radius 2 is 1.65 bits per heavy atom. The Morgan fingerprint density at radius 3 is 2.27 bits per heavy atom. The van der Waals surface area contributed by atoms with Crippen molar-refractivity contribution in [1.82, 2.24) is 15.2 Å². The molecule has 196 valence electrons. The van der Waals surface area contributed by atoms with E-state index in [9.17, 15) is 31.5 Å². The van der Waals surface area contributed by atoms with Gasteiger partial charge in [0.15, 0.2) is 5.69 Å². The molecule has 1 N–H and O–H groups in total. The highest BCUT2D eigenvalue weighted by Crippen LogP contribution is 2.28. The molecule has 3 aromatic rings. The molecule has 2 aromatic carbocycles. The van der Waals surface area contributed by atoms with Crippen molar-refractivity contribution in [3.8, 4) is 17.2 Å². The zero-order valence-electron chi connectivity index (χ0n) is 19.4. The van der Waals surface area contributed by atoms with E-state index in [1.807, 2.05) is 0 Å². The van der Waals surface area contributed by atoms with Crippen molar-refractivity contribution >= 4 is 11.8 Å². The van der Waals surface area contributed by atoms with Crippen molar-refractivity contribution in [3.63, 3.8) is 0 Å². The van der Waals surface area contributed by atoms with E-state index in [4.69, 9.17) is 4.42 Å². The van der Waals surface area contributed by atoms with Crippen LogP contribution in [0.1, 0.15) is 40.9 Å². The third kappa shape index (κ3) is 6.83. The van der Waals surface area contributed by atoms with Crippen LogP contribution in [0, 0.1) is 11.6 Å². The number of halogens is 5. The molecule has 0 bridgehead atoms. The summed E-state index contributed by atoms with van der Waals surface area (Å²) in [6.45, 7) is 0.969. The number of nitrogens with one attached hydrogen (secondary N) is 1. The lowest BCUT2D eigenvalue weighted by molar-refractivity contribution is -0.274. The number of alkyl halides is 3. The van der Waals surface area contributed by atoms with Gasteiger partial charge in [0.1, 0.15) is 29.2 Å². The van der Waals surface area contributed by atoms with E-state index in [0.717, 1.165) is 49.8 Å². The van der Waals surface area contributed by atoms with Crippen LogP contribution in [0.15, 0.2) is 47.1 Å². The first-order valence-corrected chi connectivity index (χ1v) is 11.4. The monoisotopic (exact) mass is 523 g/mol. The number of carbonyl (C=O) groups is 2. The summed E-state index contributed by atoms with van der Waals surface area (Å²) in [6, 6.07) is 6.78. The minimum atomic E-state index is -4.82. The van der Waals surface area contributed by atoms with Gasteiger partial charge in [-0.3, -0.25) is 9.59 Å². The summed E-state index contributed by atoms with van der Waals surface area (Å²) in [5.74, 6) is -3.63. The molecule has 0 unspecified atom stereocenters. The predicted octanol–water partition coefficient (Wildman–Crippen LogP) is 5.00. The molecule has 12 heteroatoms. The Labute approximate surface area is 208 Å². The number of likely N-dealkylation sites (tertiary alicyclic amines) is 1. The van der Waals surface area contributed by atoms with Crippen LogP contribution in [0.25, 0.3) is 11.5 Å². The maximum Gasteiger partial charge on any atom is 0.573 e. The van der Waals surface area contributed by atoms with Crippen LogP contribution in [-0.2, 0) is 17.8 Å². The molecular weight excluding hydrogens is 501 g/mol. The molecule has 0 radical (unpaired) electrons.